The second-order valence-corrected chi connectivity index (χ2v) is 7.05. The number of ether oxygens (including phenoxy) is 1. The molecule has 2 heterocycles. The number of nitrogens with zero attached hydrogens (tertiary/aromatic N) is 1. The molecule has 0 aliphatic carbocycles. The summed E-state index contributed by atoms with van der Waals surface area (Å²) in [4.78, 5) is 14.3. The third-order valence-electron chi connectivity index (χ3n) is 5.23. The molecule has 1 atom stereocenters. The van der Waals surface area contributed by atoms with E-state index in [9.17, 15) is 18.0 Å². The van der Waals surface area contributed by atoms with Crippen LogP contribution in [0.25, 0.3) is 0 Å². The molecule has 1 aromatic carbocycles. The van der Waals surface area contributed by atoms with Crippen LogP contribution in [-0.2, 0) is 15.7 Å². The number of piperidine rings is 1. The first-order valence-corrected chi connectivity index (χ1v) is 9.21. The summed E-state index contributed by atoms with van der Waals surface area (Å²) in [5, 5.41) is 3.31. The van der Waals surface area contributed by atoms with Crippen LogP contribution in [-0.4, -0.2) is 43.6 Å². The first kappa shape index (κ1) is 22.0. The van der Waals surface area contributed by atoms with Crippen LogP contribution in [0.5, 0.6) is 0 Å². The molecule has 0 radical (unpaired) electrons. The first-order valence-electron chi connectivity index (χ1n) is 9.21. The Hall–Kier alpha value is -1.31. The van der Waals surface area contributed by atoms with Gasteiger partial charge in [0.1, 0.15) is 6.10 Å². The lowest BCUT2D eigenvalue weighted by Gasteiger charge is -2.34. The maximum Gasteiger partial charge on any atom is 0.416 e. The lowest BCUT2D eigenvalue weighted by Crippen LogP contribution is -2.42. The van der Waals surface area contributed by atoms with Gasteiger partial charge in [0.25, 0.3) is 0 Å². The van der Waals surface area contributed by atoms with Crippen molar-refractivity contribution in [2.45, 2.75) is 38.0 Å². The van der Waals surface area contributed by atoms with Crippen molar-refractivity contribution < 1.29 is 22.7 Å². The van der Waals surface area contributed by atoms with Crippen molar-refractivity contribution in [2.75, 3.05) is 32.8 Å². The van der Waals surface area contributed by atoms with Gasteiger partial charge in [0.05, 0.1) is 18.7 Å². The molecule has 2 aliphatic rings. The molecule has 3 rings (SSSR count). The van der Waals surface area contributed by atoms with Crippen LogP contribution >= 0.6 is 12.4 Å². The Bertz CT molecular complexity index is 621. The molecular formula is C19H26ClF3N2O2. The van der Waals surface area contributed by atoms with Crippen molar-refractivity contribution in [3.63, 3.8) is 0 Å². The number of carbonyl (C=O) groups is 1. The SMILES string of the molecule is Cl.O=C(CCC1CCNCC1)N1CCOC(c2cccc(C(F)(F)F)c2)C1. The van der Waals surface area contributed by atoms with Crippen LogP contribution in [0.3, 0.4) is 0 Å². The zero-order valence-electron chi connectivity index (χ0n) is 15.1. The molecule has 2 saturated heterocycles. The third-order valence-corrected chi connectivity index (χ3v) is 5.23. The van der Waals surface area contributed by atoms with Crippen LogP contribution in [0.2, 0.25) is 0 Å². The number of amides is 1. The highest BCUT2D eigenvalue weighted by Crippen LogP contribution is 2.32. The van der Waals surface area contributed by atoms with Gasteiger partial charge in [0.15, 0.2) is 0 Å². The molecule has 2 aliphatic heterocycles. The molecule has 1 aromatic rings. The van der Waals surface area contributed by atoms with Crippen LogP contribution < -0.4 is 5.32 Å². The molecule has 0 bridgehead atoms. The summed E-state index contributed by atoms with van der Waals surface area (Å²) in [6, 6.07) is 5.18. The fraction of sp³-hybridized carbons (Fsp3) is 0.632. The maximum atomic E-state index is 12.9. The smallest absolute Gasteiger partial charge is 0.370 e. The number of hydrogen-bond acceptors (Lipinski definition) is 3. The highest BCUT2D eigenvalue weighted by molar-refractivity contribution is 5.85. The van der Waals surface area contributed by atoms with Crippen LogP contribution in [0.1, 0.15) is 42.9 Å². The Kier molecular flexibility index (Phi) is 7.94. The molecule has 1 N–H and O–H groups in total. The van der Waals surface area contributed by atoms with E-state index in [1.165, 1.54) is 6.07 Å². The number of hydrogen-bond donors (Lipinski definition) is 1. The number of benzene rings is 1. The minimum absolute atomic E-state index is 0. The van der Waals surface area contributed by atoms with Gasteiger partial charge < -0.3 is 15.0 Å². The average molecular weight is 407 g/mol. The van der Waals surface area contributed by atoms with Crippen molar-refractivity contribution in [3.8, 4) is 0 Å². The summed E-state index contributed by atoms with van der Waals surface area (Å²) in [6.07, 6.45) is -1.30. The quantitative estimate of drug-likeness (QED) is 0.826. The molecular weight excluding hydrogens is 381 g/mol. The molecule has 152 valence electrons. The van der Waals surface area contributed by atoms with Gasteiger partial charge in [-0.1, -0.05) is 12.1 Å². The number of rotatable bonds is 4. The van der Waals surface area contributed by atoms with Crippen LogP contribution in [0.15, 0.2) is 24.3 Å². The van der Waals surface area contributed by atoms with E-state index < -0.39 is 17.8 Å². The number of halogens is 4. The predicted octanol–water partition coefficient (Wildman–Crippen LogP) is 3.81. The molecule has 1 amide bonds. The van der Waals surface area contributed by atoms with E-state index in [0.717, 1.165) is 44.5 Å². The second kappa shape index (κ2) is 9.75. The number of carbonyl (C=O) groups excluding carboxylic acids is 1. The summed E-state index contributed by atoms with van der Waals surface area (Å²) < 4.78 is 44.4. The van der Waals surface area contributed by atoms with Crippen molar-refractivity contribution in [1.82, 2.24) is 10.2 Å². The fourth-order valence-corrected chi connectivity index (χ4v) is 3.65. The zero-order valence-corrected chi connectivity index (χ0v) is 16.0. The van der Waals surface area contributed by atoms with Gasteiger partial charge in [-0.3, -0.25) is 4.79 Å². The van der Waals surface area contributed by atoms with E-state index in [0.29, 0.717) is 37.6 Å². The predicted molar refractivity (Wildman–Crippen MR) is 98.8 cm³/mol. The topological polar surface area (TPSA) is 41.6 Å². The van der Waals surface area contributed by atoms with E-state index >= 15 is 0 Å². The lowest BCUT2D eigenvalue weighted by molar-refractivity contribution is -0.140. The minimum Gasteiger partial charge on any atom is -0.370 e. The van der Waals surface area contributed by atoms with Gasteiger partial charge >= 0.3 is 6.18 Å². The summed E-state index contributed by atoms with van der Waals surface area (Å²) in [7, 11) is 0. The van der Waals surface area contributed by atoms with E-state index in [1.54, 1.807) is 11.0 Å². The summed E-state index contributed by atoms with van der Waals surface area (Å²) in [6.45, 7) is 3.18. The average Bonchev–Trinajstić information content (AvgIpc) is 2.66. The third kappa shape index (κ3) is 6.09. The molecule has 4 nitrogen and oxygen atoms in total. The molecule has 1 unspecified atom stereocenters. The standard InChI is InChI=1S/C19H25F3N2O2.ClH/c20-19(21,22)16-3-1-2-15(12-16)17-13-24(10-11-26-17)18(25)5-4-14-6-8-23-9-7-14;/h1-3,12,14,17,23H,4-11,13H2;1H. The Labute approximate surface area is 163 Å². The molecule has 27 heavy (non-hydrogen) atoms. The number of alkyl halides is 3. The van der Waals surface area contributed by atoms with Gasteiger partial charge in [-0.05, 0) is 56.0 Å². The van der Waals surface area contributed by atoms with Gasteiger partial charge in [-0.15, -0.1) is 12.4 Å². The van der Waals surface area contributed by atoms with Crippen molar-refractivity contribution >= 4 is 18.3 Å². The van der Waals surface area contributed by atoms with Gasteiger partial charge in [-0.2, -0.15) is 13.2 Å². The lowest BCUT2D eigenvalue weighted by atomic mass is 9.93. The molecule has 2 fully saturated rings. The van der Waals surface area contributed by atoms with E-state index in [-0.39, 0.29) is 18.3 Å². The summed E-state index contributed by atoms with van der Waals surface area (Å²) in [5.41, 5.74) is -0.219. The Balaban J connectivity index is 0.00000261. The van der Waals surface area contributed by atoms with E-state index in [1.807, 2.05) is 0 Å². The van der Waals surface area contributed by atoms with Crippen LogP contribution in [0, 0.1) is 5.92 Å². The van der Waals surface area contributed by atoms with E-state index in [2.05, 4.69) is 5.32 Å². The largest absolute Gasteiger partial charge is 0.416 e. The molecule has 0 spiro atoms. The normalized spacial score (nSPS) is 21.6. The maximum absolute atomic E-state index is 12.9. The molecule has 0 saturated carbocycles. The zero-order chi connectivity index (χ0) is 18.6. The molecule has 0 aromatic heterocycles. The van der Waals surface area contributed by atoms with Gasteiger partial charge in [0, 0.05) is 13.0 Å². The molecule has 8 heteroatoms. The minimum atomic E-state index is -4.38. The van der Waals surface area contributed by atoms with Crippen molar-refractivity contribution in [1.29, 1.82) is 0 Å². The van der Waals surface area contributed by atoms with Crippen molar-refractivity contribution in [2.24, 2.45) is 5.92 Å². The number of nitrogens with one attached hydrogen (secondary N) is 1. The van der Waals surface area contributed by atoms with Gasteiger partial charge in [0.2, 0.25) is 5.91 Å². The first-order chi connectivity index (χ1) is 12.4. The Morgan fingerprint density at radius 3 is 2.70 bits per heavy atom. The monoisotopic (exact) mass is 406 g/mol. The fourth-order valence-electron chi connectivity index (χ4n) is 3.65. The second-order valence-electron chi connectivity index (χ2n) is 7.05. The summed E-state index contributed by atoms with van der Waals surface area (Å²) in [5.74, 6) is 0.657. The number of morpholine rings is 1. The van der Waals surface area contributed by atoms with Gasteiger partial charge in [-0.25, -0.2) is 0 Å². The highest BCUT2D eigenvalue weighted by atomic mass is 35.5. The van der Waals surface area contributed by atoms with E-state index in [4.69, 9.17) is 4.74 Å². The van der Waals surface area contributed by atoms with Crippen LogP contribution in [0.4, 0.5) is 13.2 Å². The van der Waals surface area contributed by atoms with Crippen molar-refractivity contribution in [3.05, 3.63) is 35.4 Å². The summed E-state index contributed by atoms with van der Waals surface area (Å²) >= 11 is 0. The Morgan fingerprint density at radius 2 is 2.00 bits per heavy atom. The Morgan fingerprint density at radius 1 is 1.26 bits per heavy atom. The highest BCUT2D eigenvalue weighted by Gasteiger charge is 2.32.